The Labute approximate surface area is 180 Å². The van der Waals surface area contributed by atoms with Crippen LogP contribution in [0.2, 0.25) is 0 Å². The average molecular weight is 457 g/mol. The van der Waals surface area contributed by atoms with E-state index >= 15 is 0 Å². The summed E-state index contributed by atoms with van der Waals surface area (Å²) in [6.45, 7) is 0.892. The lowest BCUT2D eigenvalue weighted by molar-refractivity contribution is 0.0736. The highest BCUT2D eigenvalue weighted by molar-refractivity contribution is 7.93. The Morgan fingerprint density at radius 2 is 2.00 bits per heavy atom. The van der Waals surface area contributed by atoms with Crippen molar-refractivity contribution in [2.24, 2.45) is 0 Å². The zero-order chi connectivity index (χ0) is 21.6. The molecule has 0 aliphatic carbocycles. The van der Waals surface area contributed by atoms with Gasteiger partial charge in [-0.3, -0.25) is 14.5 Å². The lowest BCUT2D eigenvalue weighted by Crippen LogP contribution is -2.35. The predicted octanol–water partition coefficient (Wildman–Crippen LogP) is 2.58. The Bertz CT molecular complexity index is 1450. The van der Waals surface area contributed by atoms with Crippen LogP contribution < -0.4 is 10.5 Å². The van der Waals surface area contributed by atoms with Crippen molar-refractivity contribution in [3.63, 3.8) is 0 Å². The van der Waals surface area contributed by atoms with E-state index in [2.05, 4.69) is 14.7 Å². The minimum Gasteiger partial charge on any atom is -0.408 e. The molecule has 5 rings (SSSR count). The molecule has 1 amide bonds. The van der Waals surface area contributed by atoms with Gasteiger partial charge in [0.15, 0.2) is 10.7 Å². The molecule has 0 atom stereocenters. The molecule has 2 aromatic carbocycles. The normalized spacial score (nSPS) is 13.9. The molecule has 1 aliphatic rings. The molecule has 158 valence electrons. The summed E-state index contributed by atoms with van der Waals surface area (Å²) in [6.07, 6.45) is 0.548. The van der Waals surface area contributed by atoms with Crippen LogP contribution in [0.5, 0.6) is 0 Å². The third kappa shape index (κ3) is 3.73. The van der Waals surface area contributed by atoms with Gasteiger partial charge >= 0.3 is 5.76 Å². The van der Waals surface area contributed by atoms with E-state index in [0.29, 0.717) is 30.6 Å². The summed E-state index contributed by atoms with van der Waals surface area (Å²) in [6, 6.07) is 13.2. The lowest BCUT2D eigenvalue weighted by Gasteiger charge is -2.26. The Balaban J connectivity index is 1.36. The number of benzene rings is 2. The molecule has 0 radical (unpaired) electrons. The van der Waals surface area contributed by atoms with Crippen LogP contribution in [0.4, 0.5) is 5.13 Å². The molecule has 31 heavy (non-hydrogen) atoms. The van der Waals surface area contributed by atoms with E-state index in [9.17, 15) is 18.0 Å². The number of carbonyl (C=O) groups excluding carboxylic acids is 1. The topological polar surface area (TPSA) is 125 Å². The number of carbonyl (C=O) groups is 1. The fourth-order valence-electron chi connectivity index (χ4n) is 3.44. The monoisotopic (exact) mass is 456 g/mol. The second-order valence-electron chi connectivity index (χ2n) is 7.01. The molecule has 0 bridgehead atoms. The Morgan fingerprint density at radius 3 is 2.81 bits per heavy atom. The van der Waals surface area contributed by atoms with Gasteiger partial charge in [0.25, 0.3) is 15.9 Å². The SMILES string of the molecule is O=C(c1ccccc1)N1CCc2nc(NS(=O)(=O)c3ccc4[nH]c(=O)oc4c3)sc2C1. The van der Waals surface area contributed by atoms with Crippen molar-refractivity contribution in [1.82, 2.24) is 14.9 Å². The van der Waals surface area contributed by atoms with Gasteiger partial charge in [0.1, 0.15) is 0 Å². The highest BCUT2D eigenvalue weighted by Crippen LogP contribution is 2.30. The summed E-state index contributed by atoms with van der Waals surface area (Å²) in [5.74, 6) is -0.720. The Kier molecular flexibility index (Phi) is 4.63. The molecule has 0 saturated carbocycles. The van der Waals surface area contributed by atoms with E-state index in [4.69, 9.17) is 4.42 Å². The van der Waals surface area contributed by atoms with Crippen molar-refractivity contribution in [1.29, 1.82) is 0 Å². The summed E-state index contributed by atoms with van der Waals surface area (Å²) in [7, 11) is -3.93. The number of aromatic amines is 1. The fraction of sp³-hybridized carbons (Fsp3) is 0.150. The number of thiazole rings is 1. The first-order valence-electron chi connectivity index (χ1n) is 9.38. The van der Waals surface area contributed by atoms with Gasteiger partial charge in [0.2, 0.25) is 0 Å². The number of sulfonamides is 1. The number of oxazole rings is 1. The number of H-pyrrole nitrogens is 1. The van der Waals surface area contributed by atoms with E-state index < -0.39 is 15.8 Å². The van der Waals surface area contributed by atoms with E-state index in [1.807, 2.05) is 18.2 Å². The molecule has 0 saturated heterocycles. The van der Waals surface area contributed by atoms with E-state index in [0.717, 1.165) is 10.6 Å². The van der Waals surface area contributed by atoms with Gasteiger partial charge in [-0.2, -0.15) is 0 Å². The number of anilines is 1. The molecule has 3 heterocycles. The van der Waals surface area contributed by atoms with Gasteiger partial charge in [-0.25, -0.2) is 18.2 Å². The summed E-state index contributed by atoms with van der Waals surface area (Å²) in [5, 5.41) is 0.231. The van der Waals surface area contributed by atoms with Gasteiger partial charge < -0.3 is 9.32 Å². The van der Waals surface area contributed by atoms with E-state index in [1.165, 1.54) is 29.5 Å². The van der Waals surface area contributed by atoms with E-state index in [-0.39, 0.29) is 21.5 Å². The van der Waals surface area contributed by atoms with Gasteiger partial charge in [-0.15, -0.1) is 0 Å². The molecule has 1 aliphatic heterocycles. The minimum atomic E-state index is -3.93. The van der Waals surface area contributed by atoms with Crippen molar-refractivity contribution >= 4 is 43.5 Å². The third-order valence-electron chi connectivity index (χ3n) is 4.96. The van der Waals surface area contributed by atoms with Gasteiger partial charge in [-0.1, -0.05) is 29.5 Å². The molecule has 2 N–H and O–H groups in total. The van der Waals surface area contributed by atoms with Crippen molar-refractivity contribution < 1.29 is 17.6 Å². The molecule has 2 aromatic heterocycles. The average Bonchev–Trinajstić information content (AvgIpc) is 3.33. The third-order valence-corrected chi connectivity index (χ3v) is 7.43. The zero-order valence-corrected chi connectivity index (χ0v) is 17.6. The van der Waals surface area contributed by atoms with Crippen LogP contribution in [-0.4, -0.2) is 35.7 Å². The maximum Gasteiger partial charge on any atom is 0.417 e. The first kappa shape index (κ1) is 19.5. The highest BCUT2D eigenvalue weighted by Gasteiger charge is 2.26. The maximum absolute atomic E-state index is 12.8. The van der Waals surface area contributed by atoms with Crippen LogP contribution in [0.1, 0.15) is 20.9 Å². The molecule has 0 fully saturated rings. The van der Waals surface area contributed by atoms with Crippen molar-refractivity contribution in [2.45, 2.75) is 17.9 Å². The van der Waals surface area contributed by atoms with Crippen molar-refractivity contribution in [3.8, 4) is 0 Å². The number of amides is 1. The molecular formula is C20H16N4O5S2. The van der Waals surface area contributed by atoms with Crippen LogP contribution in [-0.2, 0) is 23.0 Å². The van der Waals surface area contributed by atoms with Crippen LogP contribution in [0.15, 0.2) is 62.6 Å². The Hall–Kier alpha value is -3.44. The molecule has 9 nitrogen and oxygen atoms in total. The largest absolute Gasteiger partial charge is 0.417 e. The second-order valence-corrected chi connectivity index (χ2v) is 9.78. The zero-order valence-electron chi connectivity index (χ0n) is 16.0. The fourth-order valence-corrected chi connectivity index (χ4v) is 5.72. The van der Waals surface area contributed by atoms with Crippen molar-refractivity contribution in [2.75, 3.05) is 11.3 Å². The van der Waals surface area contributed by atoms with Crippen LogP contribution in [0, 0.1) is 0 Å². The molecule has 4 aromatic rings. The van der Waals surface area contributed by atoms with Gasteiger partial charge in [-0.05, 0) is 24.3 Å². The summed E-state index contributed by atoms with van der Waals surface area (Å²) >= 11 is 1.21. The maximum atomic E-state index is 12.8. The predicted molar refractivity (Wildman–Crippen MR) is 115 cm³/mol. The Morgan fingerprint density at radius 1 is 1.19 bits per heavy atom. The number of aromatic nitrogens is 2. The lowest BCUT2D eigenvalue weighted by atomic mass is 10.1. The number of hydrogen-bond acceptors (Lipinski definition) is 7. The van der Waals surface area contributed by atoms with Crippen LogP contribution in [0.3, 0.4) is 0 Å². The number of fused-ring (bicyclic) bond motifs is 2. The summed E-state index contributed by atoms with van der Waals surface area (Å²) in [5.41, 5.74) is 1.97. The number of rotatable bonds is 4. The quantitative estimate of drug-likeness (QED) is 0.486. The first-order valence-corrected chi connectivity index (χ1v) is 11.7. The van der Waals surface area contributed by atoms with Crippen molar-refractivity contribution in [3.05, 3.63) is 75.2 Å². The number of hydrogen-bond donors (Lipinski definition) is 2. The highest BCUT2D eigenvalue weighted by atomic mass is 32.2. The molecule has 11 heteroatoms. The summed E-state index contributed by atoms with van der Waals surface area (Å²) < 4.78 is 33.0. The second kappa shape index (κ2) is 7.36. The summed E-state index contributed by atoms with van der Waals surface area (Å²) in [4.78, 5) is 33.4. The first-order chi connectivity index (χ1) is 14.9. The van der Waals surface area contributed by atoms with Gasteiger partial charge in [0.05, 0.1) is 22.7 Å². The van der Waals surface area contributed by atoms with E-state index in [1.54, 1.807) is 17.0 Å². The molecule has 0 unspecified atom stereocenters. The van der Waals surface area contributed by atoms with Gasteiger partial charge in [0, 0.05) is 29.5 Å². The number of nitrogens with one attached hydrogen (secondary N) is 2. The van der Waals surface area contributed by atoms with Crippen LogP contribution in [0.25, 0.3) is 11.1 Å². The minimum absolute atomic E-state index is 0.0446. The molecular weight excluding hydrogens is 440 g/mol. The molecule has 0 spiro atoms. The smallest absolute Gasteiger partial charge is 0.408 e. The standard InChI is InChI=1S/C20H16N4O5S2/c25-18(12-4-2-1-3-5-12)24-9-8-15-17(11-24)30-19(21-15)23-31(27,28)13-6-7-14-16(10-13)29-20(26)22-14/h1-7,10H,8-9,11H2,(H,21,23)(H,22,26). The number of nitrogens with zero attached hydrogens (tertiary/aromatic N) is 2. The van der Waals surface area contributed by atoms with Crippen LogP contribution >= 0.6 is 11.3 Å².